The molecule has 3 heterocycles. The van der Waals surface area contributed by atoms with E-state index in [1.54, 1.807) is 18.2 Å². The normalized spacial score (nSPS) is 17.0. The summed E-state index contributed by atoms with van der Waals surface area (Å²) >= 11 is 0. The van der Waals surface area contributed by atoms with Gasteiger partial charge in [-0.15, -0.1) is 0 Å². The van der Waals surface area contributed by atoms with Crippen LogP contribution in [0.1, 0.15) is 126 Å². The molecule has 7 amide bonds. The molecule has 2 unspecified atom stereocenters. The highest BCUT2D eigenvalue weighted by atomic mass is 16.4. The molecule has 3 aliphatic rings. The number of benzene rings is 4. The van der Waals surface area contributed by atoms with Crippen molar-refractivity contribution in [2.75, 3.05) is 49.9 Å². The Morgan fingerprint density at radius 1 is 0.671 bits per heavy atom. The average Bonchev–Trinajstić information content (AvgIpc) is 3.33. The molecule has 0 radical (unpaired) electrons. The molecule has 4 aromatic rings. The van der Waals surface area contributed by atoms with E-state index >= 15 is 0 Å². The van der Waals surface area contributed by atoms with E-state index in [-0.39, 0.29) is 41.9 Å². The van der Waals surface area contributed by atoms with Crippen LogP contribution < -0.4 is 21.3 Å². The molecule has 0 aromatic heterocycles. The molecule has 3 fully saturated rings. The molecule has 3 saturated heterocycles. The molecule has 0 bridgehead atoms. The minimum absolute atomic E-state index is 0.0173. The van der Waals surface area contributed by atoms with E-state index in [0.29, 0.717) is 78.2 Å². The van der Waals surface area contributed by atoms with Gasteiger partial charge in [0, 0.05) is 61.8 Å². The number of urea groups is 2. The standard InChI is InChI=1S/C29H35N5O4.C26H30N4O2/c1-18-5-8-22(26(35)33-13-11-21(12-14-33)20-9-6-19(16-30)7-10-20)15-23(18)31-27(36)32-24-17-34(28(37)38)25(24)29(2,3)4;1-18(2)10-13-28-26(32)29-24-16-23(7-4-19(24)3)25(31)30-14-11-22(12-15-30)21-8-5-20(17-27)6-9-21/h5-10,15,21,24-25H,11-14,17H2,1-4H3,(H,37,38)(H2,31,32,36);4-10,16,22H,11-15H2,1-3H3,(H2,28,29,32). The number of amides is 7. The Labute approximate surface area is 411 Å². The van der Waals surface area contributed by atoms with Crippen molar-refractivity contribution >= 4 is 41.3 Å². The summed E-state index contributed by atoms with van der Waals surface area (Å²) in [4.78, 5) is 67.9. The summed E-state index contributed by atoms with van der Waals surface area (Å²) in [7, 11) is 0. The predicted octanol–water partition coefficient (Wildman–Crippen LogP) is 9.76. The summed E-state index contributed by atoms with van der Waals surface area (Å²) in [5, 5.41) is 38.8. The molecular weight excluding hydrogens is 883 g/mol. The van der Waals surface area contributed by atoms with Crippen molar-refractivity contribution in [3.63, 3.8) is 0 Å². The van der Waals surface area contributed by atoms with Gasteiger partial charge in [-0.25, -0.2) is 14.4 Å². The number of nitrogens with one attached hydrogen (secondary N) is 4. The molecule has 70 heavy (non-hydrogen) atoms. The minimum Gasteiger partial charge on any atom is -0.465 e. The first kappa shape index (κ1) is 51.7. The first-order valence-electron chi connectivity index (χ1n) is 23.9. The molecule has 15 nitrogen and oxygen atoms in total. The summed E-state index contributed by atoms with van der Waals surface area (Å²) in [5.41, 5.74) is 8.51. The number of nitrogens with zero attached hydrogens (tertiary/aromatic N) is 5. The van der Waals surface area contributed by atoms with E-state index in [0.717, 1.165) is 42.4 Å². The van der Waals surface area contributed by atoms with Gasteiger partial charge in [0.05, 0.1) is 35.3 Å². The lowest BCUT2D eigenvalue weighted by Gasteiger charge is -2.52. The highest BCUT2D eigenvalue weighted by molar-refractivity contribution is 5.98. The fourth-order valence-electron chi connectivity index (χ4n) is 9.37. The van der Waals surface area contributed by atoms with Gasteiger partial charge in [0.25, 0.3) is 11.8 Å². The van der Waals surface area contributed by atoms with Crippen molar-refractivity contribution in [2.24, 2.45) is 5.41 Å². The third-order valence-corrected chi connectivity index (χ3v) is 13.4. The van der Waals surface area contributed by atoms with Crippen molar-refractivity contribution in [3.8, 4) is 12.1 Å². The lowest BCUT2D eigenvalue weighted by molar-refractivity contribution is -0.00756. The van der Waals surface area contributed by atoms with Crippen LogP contribution in [-0.2, 0) is 0 Å². The second-order valence-corrected chi connectivity index (χ2v) is 19.7. The van der Waals surface area contributed by atoms with E-state index < -0.39 is 12.1 Å². The number of carboxylic acid groups (broad SMARTS) is 1. The first-order chi connectivity index (χ1) is 33.3. The Morgan fingerprint density at radius 3 is 1.49 bits per heavy atom. The maximum absolute atomic E-state index is 13.3. The van der Waals surface area contributed by atoms with E-state index in [4.69, 9.17) is 10.5 Å². The number of rotatable bonds is 9. The lowest BCUT2D eigenvalue weighted by Crippen LogP contribution is -2.72. The predicted molar refractivity (Wildman–Crippen MR) is 271 cm³/mol. The van der Waals surface area contributed by atoms with Crippen LogP contribution in [0, 0.1) is 41.9 Å². The second-order valence-electron chi connectivity index (χ2n) is 19.7. The number of hydrogen-bond donors (Lipinski definition) is 5. The van der Waals surface area contributed by atoms with Crippen LogP contribution in [0.3, 0.4) is 0 Å². The zero-order valence-electron chi connectivity index (χ0n) is 41.3. The Hall–Kier alpha value is -7.65. The van der Waals surface area contributed by atoms with Crippen LogP contribution in [0.5, 0.6) is 0 Å². The second kappa shape index (κ2) is 23.1. The van der Waals surface area contributed by atoms with Crippen molar-refractivity contribution < 1.29 is 29.1 Å². The van der Waals surface area contributed by atoms with Crippen LogP contribution in [-0.4, -0.2) is 101 Å². The molecular formula is C55H65N9O6. The fraction of sp³-hybridized carbons (Fsp3) is 0.400. The molecule has 3 aliphatic heterocycles. The zero-order chi connectivity index (χ0) is 50.7. The van der Waals surface area contributed by atoms with Gasteiger partial charge in [0.15, 0.2) is 0 Å². The highest BCUT2D eigenvalue weighted by Crippen LogP contribution is 2.35. The van der Waals surface area contributed by atoms with E-state index in [1.165, 1.54) is 16.0 Å². The number of piperidine rings is 2. The summed E-state index contributed by atoms with van der Waals surface area (Å²) in [6, 6.07) is 29.1. The molecule has 4 aromatic carbocycles. The largest absolute Gasteiger partial charge is 0.465 e. The molecule has 0 spiro atoms. The number of carbonyl (C=O) groups is 5. The third kappa shape index (κ3) is 13.3. The van der Waals surface area contributed by atoms with Crippen LogP contribution in [0.2, 0.25) is 0 Å². The van der Waals surface area contributed by atoms with Crippen molar-refractivity contribution in [3.05, 3.63) is 141 Å². The first-order valence-corrected chi connectivity index (χ1v) is 23.9. The molecule has 0 aliphatic carbocycles. The van der Waals surface area contributed by atoms with Gasteiger partial charge >= 0.3 is 18.2 Å². The quantitative estimate of drug-likeness (QED) is 0.102. The number of aryl methyl sites for hydroxylation is 2. The van der Waals surface area contributed by atoms with E-state index in [2.05, 4.69) is 33.4 Å². The Kier molecular flexibility index (Phi) is 17.1. The molecule has 0 saturated carbocycles. The maximum atomic E-state index is 13.3. The Bertz CT molecular complexity index is 2660. The van der Waals surface area contributed by atoms with E-state index in [9.17, 15) is 29.1 Å². The van der Waals surface area contributed by atoms with Crippen LogP contribution in [0.15, 0.2) is 96.6 Å². The average molecular weight is 948 g/mol. The summed E-state index contributed by atoms with van der Waals surface area (Å²) < 4.78 is 0. The fourth-order valence-corrected chi connectivity index (χ4v) is 9.37. The summed E-state index contributed by atoms with van der Waals surface area (Å²) in [6.45, 7) is 16.9. The number of allylic oxidation sites excluding steroid dienone is 1. The van der Waals surface area contributed by atoms with Crippen molar-refractivity contribution in [1.82, 2.24) is 25.3 Å². The van der Waals surface area contributed by atoms with Crippen LogP contribution in [0.4, 0.5) is 25.8 Å². The smallest absolute Gasteiger partial charge is 0.407 e. The zero-order valence-corrected chi connectivity index (χ0v) is 41.3. The van der Waals surface area contributed by atoms with Gasteiger partial charge in [0.2, 0.25) is 0 Å². The molecule has 2 atom stereocenters. The minimum atomic E-state index is -0.994. The van der Waals surface area contributed by atoms with Crippen molar-refractivity contribution in [2.45, 2.75) is 98.1 Å². The Balaban J connectivity index is 0.000000233. The molecule has 7 rings (SSSR count). The van der Waals surface area contributed by atoms with Gasteiger partial charge < -0.3 is 41.1 Å². The molecule has 5 N–H and O–H groups in total. The van der Waals surface area contributed by atoms with Crippen LogP contribution >= 0.6 is 0 Å². The van der Waals surface area contributed by atoms with Gasteiger partial charge in [-0.2, -0.15) is 10.5 Å². The van der Waals surface area contributed by atoms with Crippen molar-refractivity contribution in [1.29, 1.82) is 10.5 Å². The number of carbonyl (C=O) groups excluding carboxylic acids is 4. The summed E-state index contributed by atoms with van der Waals surface area (Å²) in [5.74, 6) is 0.657. The highest BCUT2D eigenvalue weighted by Gasteiger charge is 2.49. The number of nitriles is 2. The van der Waals surface area contributed by atoms with E-state index in [1.807, 2.05) is 131 Å². The summed E-state index contributed by atoms with van der Waals surface area (Å²) in [6.07, 6.45) is 4.42. The number of anilines is 2. The number of likely N-dealkylation sites (tertiary alicyclic amines) is 3. The maximum Gasteiger partial charge on any atom is 0.407 e. The SMILES string of the molecule is CC(C)=CCNC(=O)Nc1cc(C(=O)N2CCC(c3ccc(C#N)cc3)CC2)ccc1C.Cc1ccc(C(=O)N2CCC(c3ccc(C#N)cc3)CC2)cc1NC(=O)NC1CN(C(=O)O)C1C(C)(C)C. The topological polar surface area (TPSA) is 211 Å². The Morgan fingerprint density at radius 2 is 1.10 bits per heavy atom. The monoisotopic (exact) mass is 948 g/mol. The lowest BCUT2D eigenvalue weighted by atomic mass is 9.76. The third-order valence-electron chi connectivity index (χ3n) is 13.4. The van der Waals surface area contributed by atoms with Gasteiger partial charge in [-0.3, -0.25) is 9.59 Å². The van der Waals surface area contributed by atoms with Gasteiger partial charge in [-0.05, 0) is 141 Å². The van der Waals surface area contributed by atoms with Crippen LogP contribution in [0.25, 0.3) is 0 Å². The van der Waals surface area contributed by atoms with Gasteiger partial charge in [-0.1, -0.05) is 68.8 Å². The molecule has 366 valence electrons. The number of hydrogen-bond acceptors (Lipinski definition) is 7. The molecule has 15 heteroatoms. The van der Waals surface area contributed by atoms with Gasteiger partial charge in [0.1, 0.15) is 0 Å².